The van der Waals surface area contributed by atoms with Crippen LogP contribution in [-0.2, 0) is 11.2 Å². The van der Waals surface area contributed by atoms with Crippen molar-refractivity contribution in [2.24, 2.45) is 0 Å². The zero-order chi connectivity index (χ0) is 12.3. The average molecular weight is 299 g/mol. The molecule has 0 spiro atoms. The molecule has 1 amide bonds. The first-order valence-electron chi connectivity index (χ1n) is 5.49. The second-order valence-electron chi connectivity index (χ2n) is 4.12. The Labute approximate surface area is 109 Å². The number of ether oxygens (including phenoxy) is 1. The molecule has 1 N–H and O–H groups in total. The number of alkyl halides is 1. The van der Waals surface area contributed by atoms with Gasteiger partial charge in [0, 0.05) is 6.54 Å². The SMILES string of the molecule is CN(CBr)CCc1ccc2c(c1)NC(=O)CO2. The van der Waals surface area contributed by atoms with E-state index in [1.54, 1.807) is 0 Å². The van der Waals surface area contributed by atoms with Crippen molar-refractivity contribution in [2.45, 2.75) is 6.42 Å². The van der Waals surface area contributed by atoms with Gasteiger partial charge in [0.2, 0.25) is 0 Å². The number of rotatable bonds is 4. The minimum Gasteiger partial charge on any atom is -0.482 e. The quantitative estimate of drug-likeness (QED) is 0.681. The van der Waals surface area contributed by atoms with E-state index in [4.69, 9.17) is 4.74 Å². The van der Waals surface area contributed by atoms with E-state index in [-0.39, 0.29) is 12.5 Å². The van der Waals surface area contributed by atoms with Gasteiger partial charge in [-0.2, -0.15) is 0 Å². The van der Waals surface area contributed by atoms with Gasteiger partial charge in [-0.25, -0.2) is 0 Å². The number of likely N-dealkylation sites (N-methyl/N-ethyl adjacent to an activating group) is 1. The number of nitrogens with zero attached hydrogens (tertiary/aromatic N) is 1. The molecule has 0 radical (unpaired) electrons. The predicted molar refractivity (Wildman–Crippen MR) is 70.7 cm³/mol. The molecule has 0 bridgehead atoms. The highest BCUT2D eigenvalue weighted by molar-refractivity contribution is 9.09. The van der Waals surface area contributed by atoms with E-state index in [0.29, 0.717) is 0 Å². The summed E-state index contributed by atoms with van der Waals surface area (Å²) in [5, 5.41) is 2.82. The molecule has 0 saturated carbocycles. The lowest BCUT2D eigenvalue weighted by atomic mass is 10.1. The molecule has 0 saturated heterocycles. The summed E-state index contributed by atoms with van der Waals surface area (Å²) >= 11 is 3.41. The van der Waals surface area contributed by atoms with Gasteiger partial charge in [0.05, 0.1) is 11.1 Å². The van der Waals surface area contributed by atoms with Gasteiger partial charge >= 0.3 is 0 Å². The lowest BCUT2D eigenvalue weighted by Crippen LogP contribution is -2.25. The van der Waals surface area contributed by atoms with E-state index in [9.17, 15) is 4.79 Å². The molecule has 1 aliphatic heterocycles. The van der Waals surface area contributed by atoms with E-state index in [2.05, 4.69) is 33.2 Å². The third kappa shape index (κ3) is 3.20. The van der Waals surface area contributed by atoms with Crippen molar-refractivity contribution in [1.29, 1.82) is 0 Å². The van der Waals surface area contributed by atoms with Gasteiger partial charge in [-0.3, -0.25) is 9.69 Å². The Morgan fingerprint density at radius 2 is 2.35 bits per heavy atom. The van der Waals surface area contributed by atoms with Gasteiger partial charge in [0.25, 0.3) is 5.91 Å². The van der Waals surface area contributed by atoms with Crippen LogP contribution in [-0.4, -0.2) is 36.5 Å². The minimum atomic E-state index is -0.0905. The summed E-state index contributed by atoms with van der Waals surface area (Å²) in [7, 11) is 2.05. The summed E-state index contributed by atoms with van der Waals surface area (Å²) in [6.45, 7) is 1.08. The minimum absolute atomic E-state index is 0.0905. The van der Waals surface area contributed by atoms with Crippen molar-refractivity contribution >= 4 is 27.5 Å². The largest absolute Gasteiger partial charge is 0.482 e. The molecule has 5 heteroatoms. The summed E-state index contributed by atoms with van der Waals surface area (Å²) < 4.78 is 5.31. The topological polar surface area (TPSA) is 41.6 Å². The number of fused-ring (bicyclic) bond motifs is 1. The van der Waals surface area contributed by atoms with Crippen LogP contribution in [0.3, 0.4) is 0 Å². The van der Waals surface area contributed by atoms with Crippen molar-refractivity contribution in [3.8, 4) is 5.75 Å². The van der Waals surface area contributed by atoms with Crippen LogP contribution in [0.1, 0.15) is 5.56 Å². The van der Waals surface area contributed by atoms with Crippen LogP contribution in [0.2, 0.25) is 0 Å². The van der Waals surface area contributed by atoms with E-state index < -0.39 is 0 Å². The van der Waals surface area contributed by atoms with Crippen LogP contribution in [0.4, 0.5) is 5.69 Å². The third-order valence-corrected chi connectivity index (χ3v) is 3.52. The standard InChI is InChI=1S/C12H15BrN2O2/c1-15(8-13)5-4-9-2-3-11-10(6-9)14-12(16)7-17-11/h2-3,6H,4-5,7-8H2,1H3,(H,14,16). The van der Waals surface area contributed by atoms with Crippen LogP contribution in [0.15, 0.2) is 18.2 Å². The Bertz CT molecular complexity index is 423. The normalized spacial score (nSPS) is 14.2. The monoisotopic (exact) mass is 298 g/mol. The summed E-state index contributed by atoms with van der Waals surface area (Å²) in [4.78, 5) is 13.4. The second-order valence-corrected chi connectivity index (χ2v) is 4.62. The fraction of sp³-hybridized carbons (Fsp3) is 0.417. The Kier molecular flexibility index (Phi) is 4.02. The van der Waals surface area contributed by atoms with E-state index in [1.807, 2.05) is 18.2 Å². The number of hydrogen-bond acceptors (Lipinski definition) is 3. The highest BCUT2D eigenvalue weighted by atomic mass is 79.9. The number of halogens is 1. The molecule has 92 valence electrons. The van der Waals surface area contributed by atoms with Crippen LogP contribution >= 0.6 is 15.9 Å². The van der Waals surface area contributed by atoms with E-state index >= 15 is 0 Å². The first-order valence-corrected chi connectivity index (χ1v) is 6.61. The van der Waals surface area contributed by atoms with E-state index in [0.717, 1.165) is 29.9 Å². The lowest BCUT2D eigenvalue weighted by Gasteiger charge is -2.19. The smallest absolute Gasteiger partial charge is 0.262 e. The van der Waals surface area contributed by atoms with E-state index in [1.165, 1.54) is 5.56 Å². The molecule has 1 aliphatic rings. The van der Waals surface area contributed by atoms with Crippen LogP contribution in [0.5, 0.6) is 5.75 Å². The molecule has 0 atom stereocenters. The molecule has 0 aromatic heterocycles. The third-order valence-electron chi connectivity index (χ3n) is 2.66. The number of benzene rings is 1. The van der Waals surface area contributed by atoms with Gasteiger partial charge in [-0.05, 0) is 31.2 Å². The molecular weight excluding hydrogens is 284 g/mol. The molecular formula is C12H15BrN2O2. The average Bonchev–Trinajstić information content (AvgIpc) is 2.35. The van der Waals surface area contributed by atoms with Crippen molar-refractivity contribution in [3.05, 3.63) is 23.8 Å². The molecule has 17 heavy (non-hydrogen) atoms. The van der Waals surface area contributed by atoms with Crippen molar-refractivity contribution < 1.29 is 9.53 Å². The first kappa shape index (κ1) is 12.4. The summed E-state index contributed by atoms with van der Waals surface area (Å²) in [6, 6.07) is 5.94. The van der Waals surface area contributed by atoms with Crippen LogP contribution in [0.25, 0.3) is 0 Å². The summed E-state index contributed by atoms with van der Waals surface area (Å²) in [5.74, 6) is 0.662. The Hall–Kier alpha value is -1.07. The zero-order valence-electron chi connectivity index (χ0n) is 9.70. The molecule has 0 fully saturated rings. The number of nitrogens with one attached hydrogen (secondary N) is 1. The number of hydrogen-bond donors (Lipinski definition) is 1. The second kappa shape index (κ2) is 5.51. The maximum atomic E-state index is 11.2. The highest BCUT2D eigenvalue weighted by Crippen LogP contribution is 2.28. The molecule has 1 heterocycles. The Morgan fingerprint density at radius 3 is 3.12 bits per heavy atom. The maximum Gasteiger partial charge on any atom is 0.262 e. The molecule has 1 aromatic rings. The van der Waals surface area contributed by atoms with Crippen molar-refractivity contribution in [1.82, 2.24) is 4.90 Å². The van der Waals surface area contributed by atoms with Gasteiger partial charge in [-0.1, -0.05) is 22.0 Å². The zero-order valence-corrected chi connectivity index (χ0v) is 11.3. The van der Waals surface area contributed by atoms with Gasteiger partial charge in [0.1, 0.15) is 5.75 Å². The van der Waals surface area contributed by atoms with Crippen molar-refractivity contribution in [2.75, 3.05) is 31.0 Å². The van der Waals surface area contributed by atoms with Gasteiger partial charge in [0.15, 0.2) is 6.61 Å². The summed E-state index contributed by atoms with van der Waals surface area (Å²) in [5.41, 5.74) is 2.83. The van der Waals surface area contributed by atoms with Crippen LogP contribution < -0.4 is 10.1 Å². The summed E-state index contributed by atoms with van der Waals surface area (Å²) in [6.07, 6.45) is 0.950. The van der Waals surface area contributed by atoms with Gasteiger partial charge in [-0.15, -0.1) is 0 Å². The Balaban J connectivity index is 2.05. The predicted octanol–water partition coefficient (Wildman–Crippen LogP) is 1.84. The molecule has 0 unspecified atom stereocenters. The lowest BCUT2D eigenvalue weighted by molar-refractivity contribution is -0.118. The first-order chi connectivity index (χ1) is 8.19. The van der Waals surface area contributed by atoms with Crippen molar-refractivity contribution in [3.63, 3.8) is 0 Å². The molecule has 4 nitrogen and oxygen atoms in total. The van der Waals surface area contributed by atoms with Gasteiger partial charge < -0.3 is 10.1 Å². The fourth-order valence-corrected chi connectivity index (χ4v) is 1.92. The van der Waals surface area contributed by atoms with Crippen LogP contribution in [0, 0.1) is 0 Å². The highest BCUT2D eigenvalue weighted by Gasteiger charge is 2.15. The molecule has 1 aromatic carbocycles. The number of carbonyl (C=O) groups excluding carboxylic acids is 1. The number of carbonyl (C=O) groups is 1. The molecule has 0 aliphatic carbocycles. The number of amides is 1. The molecule has 2 rings (SSSR count). The Morgan fingerprint density at radius 1 is 1.53 bits per heavy atom. The fourth-order valence-electron chi connectivity index (χ4n) is 1.67. The number of anilines is 1. The maximum absolute atomic E-state index is 11.2.